The molecule has 2 aromatic heterocycles. The first-order valence-electron chi connectivity index (χ1n) is 6.85. The molecule has 1 N–H and O–H groups in total. The van der Waals surface area contributed by atoms with Crippen LogP contribution in [-0.4, -0.2) is 20.9 Å². The Labute approximate surface area is 122 Å². The van der Waals surface area contributed by atoms with Crippen LogP contribution in [0, 0.1) is 5.92 Å². The molecule has 0 saturated heterocycles. The lowest BCUT2D eigenvalue weighted by molar-refractivity contribution is 0.519. The Kier molecular flexibility index (Phi) is 5.34. The molecule has 4 nitrogen and oxygen atoms in total. The molecular weight excluding hydrogens is 304 g/mol. The van der Waals surface area contributed by atoms with E-state index in [1.165, 1.54) is 25.0 Å². The van der Waals surface area contributed by atoms with E-state index in [1.54, 1.807) is 6.20 Å². The molecule has 0 aliphatic heterocycles. The summed E-state index contributed by atoms with van der Waals surface area (Å²) in [5.74, 6) is 0.809. The molecule has 0 unspecified atom stereocenters. The summed E-state index contributed by atoms with van der Waals surface area (Å²) in [7, 11) is 0. The Morgan fingerprint density at radius 3 is 2.89 bits per heavy atom. The van der Waals surface area contributed by atoms with Crippen LogP contribution < -0.4 is 5.32 Å². The summed E-state index contributed by atoms with van der Waals surface area (Å²) in [5.41, 5.74) is 2.06. The summed E-state index contributed by atoms with van der Waals surface area (Å²) < 4.78 is 2.90. The fourth-order valence-electron chi connectivity index (χ4n) is 2.07. The van der Waals surface area contributed by atoms with Crippen molar-refractivity contribution in [3.63, 3.8) is 0 Å². The molecule has 2 heterocycles. The zero-order chi connectivity index (χ0) is 13.7. The second kappa shape index (κ2) is 7.01. The number of fused-ring (bicyclic) bond motifs is 1. The van der Waals surface area contributed by atoms with Crippen LogP contribution in [0.5, 0.6) is 0 Å². The highest BCUT2D eigenvalue weighted by Gasteiger charge is 2.03. The molecule has 0 saturated carbocycles. The molecule has 0 aliphatic rings. The van der Waals surface area contributed by atoms with Gasteiger partial charge in [0.1, 0.15) is 4.60 Å². The van der Waals surface area contributed by atoms with Crippen LogP contribution in [0.15, 0.2) is 23.2 Å². The summed E-state index contributed by atoms with van der Waals surface area (Å²) in [6.07, 6.45) is 9.49. The molecular formula is C14H21BrN4. The third-order valence-electron chi connectivity index (χ3n) is 3.13. The van der Waals surface area contributed by atoms with Crippen LogP contribution in [0.3, 0.4) is 0 Å². The fraction of sp³-hybridized carbons (Fsp3) is 0.571. The molecule has 0 spiro atoms. The maximum atomic E-state index is 4.34. The number of hydrogen-bond acceptors (Lipinski definition) is 3. The van der Waals surface area contributed by atoms with Crippen molar-refractivity contribution >= 4 is 21.6 Å². The highest BCUT2D eigenvalue weighted by molar-refractivity contribution is 9.10. The van der Waals surface area contributed by atoms with Gasteiger partial charge in [0.2, 0.25) is 0 Å². The third-order valence-corrected chi connectivity index (χ3v) is 3.54. The minimum atomic E-state index is 0.809. The lowest BCUT2D eigenvalue weighted by atomic mass is 10.1. The highest BCUT2D eigenvalue weighted by atomic mass is 79.9. The van der Waals surface area contributed by atoms with Gasteiger partial charge in [-0.2, -0.15) is 0 Å². The largest absolute Gasteiger partial charge is 0.311 e. The molecule has 0 amide bonds. The lowest BCUT2D eigenvalue weighted by Crippen LogP contribution is -2.16. The van der Waals surface area contributed by atoms with Gasteiger partial charge in [-0.3, -0.25) is 4.40 Å². The summed E-state index contributed by atoms with van der Waals surface area (Å²) in [4.78, 5) is 8.51. The van der Waals surface area contributed by atoms with Crippen LogP contribution >= 0.6 is 15.9 Å². The molecule has 0 aromatic carbocycles. The highest BCUT2D eigenvalue weighted by Crippen LogP contribution is 2.10. The molecule has 5 heteroatoms. The van der Waals surface area contributed by atoms with E-state index in [2.05, 4.69) is 49.5 Å². The number of imidazole rings is 1. The van der Waals surface area contributed by atoms with E-state index in [-0.39, 0.29) is 0 Å². The number of unbranched alkanes of at least 4 members (excludes halogenated alkanes) is 1. The van der Waals surface area contributed by atoms with Crippen molar-refractivity contribution in [1.82, 2.24) is 19.7 Å². The molecule has 0 bridgehead atoms. The standard InChI is InChI=1S/C14H21BrN4/c1-11(2)5-3-4-6-16-7-12-8-18-14-9-17-13(15)10-19(12)14/h8-11,16H,3-7H2,1-2H3. The normalized spacial score (nSPS) is 11.6. The van der Waals surface area contributed by atoms with Crippen molar-refractivity contribution in [3.8, 4) is 0 Å². The monoisotopic (exact) mass is 324 g/mol. The van der Waals surface area contributed by atoms with Crippen molar-refractivity contribution in [1.29, 1.82) is 0 Å². The van der Waals surface area contributed by atoms with Crippen molar-refractivity contribution in [3.05, 3.63) is 28.9 Å². The Balaban J connectivity index is 1.80. The molecule has 0 radical (unpaired) electrons. The SMILES string of the molecule is CC(C)CCCCNCc1cnc2cnc(Br)cn12. The topological polar surface area (TPSA) is 42.2 Å². The van der Waals surface area contributed by atoms with Gasteiger partial charge < -0.3 is 5.32 Å². The zero-order valence-corrected chi connectivity index (χ0v) is 13.2. The number of nitrogens with one attached hydrogen (secondary N) is 1. The zero-order valence-electron chi connectivity index (χ0n) is 11.6. The average molecular weight is 325 g/mol. The Bertz CT molecular complexity index is 521. The first kappa shape index (κ1) is 14.5. The van der Waals surface area contributed by atoms with Gasteiger partial charge in [-0.25, -0.2) is 9.97 Å². The van der Waals surface area contributed by atoms with Gasteiger partial charge in [0, 0.05) is 12.7 Å². The maximum absolute atomic E-state index is 4.34. The van der Waals surface area contributed by atoms with Crippen molar-refractivity contribution in [2.45, 2.75) is 39.7 Å². The second-order valence-electron chi connectivity index (χ2n) is 5.25. The lowest BCUT2D eigenvalue weighted by Gasteiger charge is -2.06. The molecule has 2 aromatic rings. The van der Waals surface area contributed by atoms with E-state index in [4.69, 9.17) is 0 Å². The van der Waals surface area contributed by atoms with Crippen LogP contribution in [0.1, 0.15) is 38.8 Å². The van der Waals surface area contributed by atoms with E-state index in [9.17, 15) is 0 Å². The van der Waals surface area contributed by atoms with Gasteiger partial charge in [0.05, 0.1) is 18.1 Å². The fourth-order valence-corrected chi connectivity index (χ4v) is 2.37. The summed E-state index contributed by atoms with van der Waals surface area (Å²) in [6.45, 7) is 6.46. The number of hydrogen-bond donors (Lipinski definition) is 1. The second-order valence-corrected chi connectivity index (χ2v) is 6.07. The molecule has 0 aliphatic carbocycles. The maximum Gasteiger partial charge on any atom is 0.155 e. The number of nitrogens with zero attached hydrogens (tertiary/aromatic N) is 3. The van der Waals surface area contributed by atoms with Gasteiger partial charge >= 0.3 is 0 Å². The number of rotatable bonds is 7. The van der Waals surface area contributed by atoms with Crippen molar-refractivity contribution in [2.75, 3.05) is 6.54 Å². The van der Waals surface area contributed by atoms with E-state index >= 15 is 0 Å². The van der Waals surface area contributed by atoms with Crippen LogP contribution in [-0.2, 0) is 6.54 Å². The summed E-state index contributed by atoms with van der Waals surface area (Å²) in [5, 5.41) is 3.48. The van der Waals surface area contributed by atoms with Gasteiger partial charge in [0.25, 0.3) is 0 Å². The predicted molar refractivity (Wildman–Crippen MR) is 81.1 cm³/mol. The molecule has 104 valence electrons. The van der Waals surface area contributed by atoms with E-state index < -0.39 is 0 Å². The first-order chi connectivity index (χ1) is 9.16. The van der Waals surface area contributed by atoms with Crippen LogP contribution in [0.25, 0.3) is 5.65 Å². The van der Waals surface area contributed by atoms with E-state index in [0.29, 0.717) is 0 Å². The van der Waals surface area contributed by atoms with Gasteiger partial charge in [-0.1, -0.05) is 26.7 Å². The van der Waals surface area contributed by atoms with Crippen LogP contribution in [0.2, 0.25) is 0 Å². The van der Waals surface area contributed by atoms with Gasteiger partial charge in [-0.15, -0.1) is 0 Å². The average Bonchev–Trinajstić information content (AvgIpc) is 2.76. The minimum absolute atomic E-state index is 0.809. The molecule has 19 heavy (non-hydrogen) atoms. The number of halogens is 1. The van der Waals surface area contributed by atoms with Gasteiger partial charge in [0.15, 0.2) is 5.65 Å². The molecule has 0 atom stereocenters. The Hall–Kier alpha value is -0.940. The molecule has 0 fully saturated rings. The molecule has 2 rings (SSSR count). The van der Waals surface area contributed by atoms with Crippen LogP contribution in [0.4, 0.5) is 0 Å². The minimum Gasteiger partial charge on any atom is -0.311 e. The van der Waals surface area contributed by atoms with E-state index in [0.717, 1.165) is 29.3 Å². The quantitative estimate of drug-likeness (QED) is 0.793. The predicted octanol–water partition coefficient (Wildman–Crippen LogP) is 3.41. The third kappa shape index (κ3) is 4.28. The summed E-state index contributed by atoms with van der Waals surface area (Å²) in [6, 6.07) is 0. The summed E-state index contributed by atoms with van der Waals surface area (Å²) >= 11 is 3.39. The first-order valence-corrected chi connectivity index (χ1v) is 7.64. The van der Waals surface area contributed by atoms with E-state index in [1.807, 2.05) is 12.4 Å². The van der Waals surface area contributed by atoms with Gasteiger partial charge in [-0.05, 0) is 34.8 Å². The smallest absolute Gasteiger partial charge is 0.155 e. The Morgan fingerprint density at radius 1 is 1.26 bits per heavy atom. The van der Waals surface area contributed by atoms with Crippen molar-refractivity contribution < 1.29 is 0 Å². The van der Waals surface area contributed by atoms with Crippen molar-refractivity contribution in [2.24, 2.45) is 5.92 Å². The Morgan fingerprint density at radius 2 is 2.11 bits per heavy atom. The number of aromatic nitrogens is 3.